The van der Waals surface area contributed by atoms with Crippen LogP contribution in [-0.4, -0.2) is 25.7 Å². The van der Waals surface area contributed by atoms with Gasteiger partial charge >= 0.3 is 0 Å². The summed E-state index contributed by atoms with van der Waals surface area (Å²) in [6.45, 7) is 1.31. The van der Waals surface area contributed by atoms with Crippen molar-refractivity contribution in [3.63, 3.8) is 0 Å². The van der Waals surface area contributed by atoms with Gasteiger partial charge in [0.2, 0.25) is 0 Å². The summed E-state index contributed by atoms with van der Waals surface area (Å²) in [4.78, 5) is 11.5. The molecule has 0 aromatic heterocycles. The second-order valence-corrected chi connectivity index (χ2v) is 5.15. The van der Waals surface area contributed by atoms with Gasteiger partial charge in [0.15, 0.2) is 6.61 Å². The Balaban J connectivity index is 1.51. The topological polar surface area (TPSA) is 73.6 Å². The molecule has 1 aromatic rings. The zero-order valence-electron chi connectivity index (χ0n) is 10.7. The summed E-state index contributed by atoms with van der Waals surface area (Å²) < 4.78 is 10.9. The molecule has 5 heteroatoms. The van der Waals surface area contributed by atoms with E-state index in [9.17, 15) is 4.79 Å². The smallest absolute Gasteiger partial charge is 0.257 e. The Kier molecular flexibility index (Phi) is 3.29. The van der Waals surface area contributed by atoms with Crippen molar-refractivity contribution < 1.29 is 14.3 Å². The lowest BCUT2D eigenvalue weighted by Gasteiger charge is -2.08. The summed E-state index contributed by atoms with van der Waals surface area (Å²) in [7, 11) is 0. The van der Waals surface area contributed by atoms with Crippen LogP contribution in [0.3, 0.4) is 0 Å². The number of amides is 1. The molecule has 1 atom stereocenters. The molecule has 1 fully saturated rings. The Morgan fingerprint density at radius 3 is 3.11 bits per heavy atom. The van der Waals surface area contributed by atoms with Crippen molar-refractivity contribution in [3.8, 4) is 11.5 Å². The Morgan fingerprint density at radius 2 is 2.32 bits per heavy atom. The predicted octanol–water partition coefficient (Wildman–Crippen LogP) is 0.984. The van der Waals surface area contributed by atoms with E-state index in [2.05, 4.69) is 5.32 Å². The van der Waals surface area contributed by atoms with Gasteiger partial charge in [-0.3, -0.25) is 4.79 Å². The molecule has 0 spiro atoms. The van der Waals surface area contributed by atoms with Crippen molar-refractivity contribution in [2.24, 2.45) is 11.7 Å². The number of fused-ring (bicyclic) bond motifs is 1. The molecule has 1 heterocycles. The average Bonchev–Trinajstić information content (AvgIpc) is 3.18. The van der Waals surface area contributed by atoms with Crippen LogP contribution in [0.4, 0.5) is 0 Å². The number of carbonyl (C=O) groups is 1. The number of nitrogens with two attached hydrogens (primary N) is 1. The first-order valence-corrected chi connectivity index (χ1v) is 6.64. The van der Waals surface area contributed by atoms with Crippen LogP contribution in [0.1, 0.15) is 24.4 Å². The molecule has 5 nitrogen and oxygen atoms in total. The SMILES string of the molecule is NC1COc2cc(OCC(=O)NCC3CC3)ccc21. The molecule has 3 N–H and O–H groups in total. The van der Waals surface area contributed by atoms with E-state index in [0.29, 0.717) is 18.3 Å². The van der Waals surface area contributed by atoms with Gasteiger partial charge in [-0.25, -0.2) is 0 Å². The quantitative estimate of drug-likeness (QED) is 0.829. The molecule has 0 radical (unpaired) electrons. The second kappa shape index (κ2) is 5.09. The van der Waals surface area contributed by atoms with Gasteiger partial charge in [-0.2, -0.15) is 0 Å². The largest absolute Gasteiger partial charge is 0.491 e. The van der Waals surface area contributed by atoms with Gasteiger partial charge in [-0.15, -0.1) is 0 Å². The molecule has 1 saturated carbocycles. The summed E-state index contributed by atoms with van der Waals surface area (Å²) in [6, 6.07) is 5.44. The third-order valence-corrected chi connectivity index (χ3v) is 3.46. The fourth-order valence-corrected chi connectivity index (χ4v) is 2.09. The lowest BCUT2D eigenvalue weighted by molar-refractivity contribution is -0.123. The van der Waals surface area contributed by atoms with Gasteiger partial charge in [0.1, 0.15) is 18.1 Å². The highest BCUT2D eigenvalue weighted by atomic mass is 16.5. The normalized spacial score (nSPS) is 20.6. The first-order valence-electron chi connectivity index (χ1n) is 6.64. The van der Waals surface area contributed by atoms with Crippen molar-refractivity contribution >= 4 is 5.91 Å². The van der Waals surface area contributed by atoms with E-state index < -0.39 is 0 Å². The Morgan fingerprint density at radius 1 is 1.47 bits per heavy atom. The second-order valence-electron chi connectivity index (χ2n) is 5.15. The Labute approximate surface area is 112 Å². The minimum Gasteiger partial charge on any atom is -0.491 e. The molecule has 0 bridgehead atoms. The molecule has 19 heavy (non-hydrogen) atoms. The van der Waals surface area contributed by atoms with Crippen LogP contribution < -0.4 is 20.5 Å². The summed E-state index contributed by atoms with van der Waals surface area (Å²) in [6.07, 6.45) is 2.45. The van der Waals surface area contributed by atoms with Crippen LogP contribution in [-0.2, 0) is 4.79 Å². The minimum absolute atomic E-state index is 0.0392. The van der Waals surface area contributed by atoms with Crippen LogP contribution in [0.15, 0.2) is 18.2 Å². The van der Waals surface area contributed by atoms with E-state index in [0.717, 1.165) is 17.9 Å². The van der Waals surface area contributed by atoms with Crippen LogP contribution in [0.5, 0.6) is 11.5 Å². The maximum atomic E-state index is 11.5. The number of benzene rings is 1. The summed E-state index contributed by atoms with van der Waals surface area (Å²) in [5.74, 6) is 1.99. The summed E-state index contributed by atoms with van der Waals surface area (Å²) in [5.41, 5.74) is 6.85. The summed E-state index contributed by atoms with van der Waals surface area (Å²) in [5, 5.41) is 2.86. The van der Waals surface area contributed by atoms with E-state index in [1.165, 1.54) is 12.8 Å². The zero-order chi connectivity index (χ0) is 13.2. The van der Waals surface area contributed by atoms with Gasteiger partial charge in [-0.1, -0.05) is 0 Å². The number of carbonyl (C=O) groups excluding carboxylic acids is 1. The van der Waals surface area contributed by atoms with Crippen molar-refractivity contribution in [2.45, 2.75) is 18.9 Å². The number of hydrogen-bond donors (Lipinski definition) is 2. The molecule has 1 aromatic carbocycles. The van der Waals surface area contributed by atoms with Crippen LogP contribution >= 0.6 is 0 Å². The number of ether oxygens (including phenoxy) is 2. The van der Waals surface area contributed by atoms with Crippen molar-refractivity contribution in [2.75, 3.05) is 19.8 Å². The molecule has 1 aliphatic carbocycles. The fourth-order valence-electron chi connectivity index (χ4n) is 2.09. The first kappa shape index (κ1) is 12.3. The van der Waals surface area contributed by atoms with E-state index >= 15 is 0 Å². The van der Waals surface area contributed by atoms with Crippen LogP contribution in [0.2, 0.25) is 0 Å². The maximum Gasteiger partial charge on any atom is 0.257 e. The van der Waals surface area contributed by atoms with Crippen molar-refractivity contribution in [3.05, 3.63) is 23.8 Å². The van der Waals surface area contributed by atoms with E-state index in [-0.39, 0.29) is 18.6 Å². The molecule has 0 saturated heterocycles. The van der Waals surface area contributed by atoms with Crippen molar-refractivity contribution in [1.82, 2.24) is 5.32 Å². The van der Waals surface area contributed by atoms with Crippen LogP contribution in [0.25, 0.3) is 0 Å². The molecule has 1 unspecified atom stereocenters. The lowest BCUT2D eigenvalue weighted by atomic mass is 10.1. The molecule has 3 rings (SSSR count). The van der Waals surface area contributed by atoms with E-state index in [1.807, 2.05) is 12.1 Å². The van der Waals surface area contributed by atoms with Gasteiger partial charge < -0.3 is 20.5 Å². The highest BCUT2D eigenvalue weighted by Crippen LogP contribution is 2.33. The molecule has 1 amide bonds. The van der Waals surface area contributed by atoms with Gasteiger partial charge in [0, 0.05) is 18.2 Å². The van der Waals surface area contributed by atoms with Gasteiger partial charge in [-0.05, 0) is 30.9 Å². The highest BCUT2D eigenvalue weighted by molar-refractivity contribution is 5.77. The standard InChI is InChI=1S/C14H18N2O3/c15-12-7-19-13-5-10(3-4-11(12)13)18-8-14(17)16-6-9-1-2-9/h3-5,9,12H,1-2,6-8,15H2,(H,16,17). The summed E-state index contributed by atoms with van der Waals surface area (Å²) >= 11 is 0. The number of nitrogens with one attached hydrogen (secondary N) is 1. The first-order chi connectivity index (χ1) is 9.22. The number of rotatable bonds is 5. The predicted molar refractivity (Wildman–Crippen MR) is 70.1 cm³/mol. The molecule has 102 valence electrons. The van der Waals surface area contributed by atoms with Crippen LogP contribution in [0, 0.1) is 5.92 Å². The third-order valence-electron chi connectivity index (χ3n) is 3.46. The monoisotopic (exact) mass is 262 g/mol. The average molecular weight is 262 g/mol. The molecule has 1 aliphatic heterocycles. The Hall–Kier alpha value is -1.75. The molecule has 2 aliphatic rings. The molecular weight excluding hydrogens is 244 g/mol. The highest BCUT2D eigenvalue weighted by Gasteiger charge is 2.22. The lowest BCUT2D eigenvalue weighted by Crippen LogP contribution is -2.30. The van der Waals surface area contributed by atoms with E-state index in [1.54, 1.807) is 6.07 Å². The molecular formula is C14H18N2O3. The third kappa shape index (κ3) is 2.98. The van der Waals surface area contributed by atoms with E-state index in [4.69, 9.17) is 15.2 Å². The number of hydrogen-bond acceptors (Lipinski definition) is 4. The minimum atomic E-state index is -0.0787. The fraction of sp³-hybridized carbons (Fsp3) is 0.500. The maximum absolute atomic E-state index is 11.5. The van der Waals surface area contributed by atoms with Gasteiger partial charge in [0.05, 0.1) is 6.04 Å². The Bertz CT molecular complexity index is 486. The van der Waals surface area contributed by atoms with Crippen molar-refractivity contribution in [1.29, 1.82) is 0 Å². The zero-order valence-corrected chi connectivity index (χ0v) is 10.7. The van der Waals surface area contributed by atoms with Gasteiger partial charge in [0.25, 0.3) is 5.91 Å².